The van der Waals surface area contributed by atoms with Crippen molar-refractivity contribution in [3.8, 4) is 5.75 Å². The molecule has 1 aromatic rings. The predicted molar refractivity (Wildman–Crippen MR) is 51.2 cm³/mol. The Balaban J connectivity index is 2.76. The summed E-state index contributed by atoms with van der Waals surface area (Å²) in [6.45, 7) is 0. The number of nitrogens with zero attached hydrogens (tertiary/aromatic N) is 3. The molecule has 14 heavy (non-hydrogen) atoms. The van der Waals surface area contributed by atoms with Crippen molar-refractivity contribution in [2.24, 2.45) is 5.11 Å². The largest absolute Gasteiger partial charge is 0.497 e. The van der Waals surface area contributed by atoms with Crippen molar-refractivity contribution in [2.75, 3.05) is 12.4 Å². The van der Waals surface area contributed by atoms with Gasteiger partial charge in [-0.25, -0.2) is 0 Å². The summed E-state index contributed by atoms with van der Waals surface area (Å²) in [6, 6.07) is 5.98. The van der Waals surface area contributed by atoms with Crippen LogP contribution in [0, 0.1) is 0 Å². The number of azide groups is 1. The van der Waals surface area contributed by atoms with Gasteiger partial charge in [-0.2, -0.15) is 0 Å². The van der Waals surface area contributed by atoms with Crippen LogP contribution in [0.2, 0.25) is 0 Å². The molecule has 0 fully saturated rings. The molecule has 6 nitrogen and oxygen atoms in total. The van der Waals surface area contributed by atoms with Crippen molar-refractivity contribution in [1.29, 1.82) is 0 Å². The lowest BCUT2D eigenvalue weighted by Crippen LogP contribution is -2.04. The smallest absolute Gasteiger partial charge is 0.312 e. The van der Waals surface area contributed by atoms with Crippen molar-refractivity contribution in [3.63, 3.8) is 0 Å². The van der Waals surface area contributed by atoms with E-state index in [9.17, 15) is 4.79 Å². The Morgan fingerprint density at radius 2 is 2.43 bits per heavy atom. The number of benzene rings is 1. The number of urea groups is 1. The van der Waals surface area contributed by atoms with Gasteiger partial charge in [0.2, 0.25) is 0 Å². The molecule has 0 aromatic heterocycles. The van der Waals surface area contributed by atoms with Gasteiger partial charge < -0.3 is 10.1 Å². The van der Waals surface area contributed by atoms with E-state index >= 15 is 0 Å². The fraction of sp³-hybridized carbons (Fsp3) is 0.125. The fourth-order valence-electron chi connectivity index (χ4n) is 0.890. The third kappa shape index (κ3) is 2.69. The number of ether oxygens (including phenoxy) is 1. The van der Waals surface area contributed by atoms with Crippen LogP contribution in [-0.2, 0) is 0 Å². The maximum atomic E-state index is 10.8. The van der Waals surface area contributed by atoms with Crippen molar-refractivity contribution >= 4 is 11.7 Å². The monoisotopic (exact) mass is 192 g/mol. The first-order valence-electron chi connectivity index (χ1n) is 3.76. The van der Waals surface area contributed by atoms with E-state index < -0.39 is 6.03 Å². The van der Waals surface area contributed by atoms with E-state index in [0.717, 1.165) is 0 Å². The topological polar surface area (TPSA) is 87.1 Å². The van der Waals surface area contributed by atoms with Gasteiger partial charge in [0.1, 0.15) is 5.75 Å². The molecule has 1 aromatic carbocycles. The average Bonchev–Trinajstić information content (AvgIpc) is 2.18. The molecule has 0 saturated heterocycles. The normalized spacial score (nSPS) is 8.64. The van der Waals surface area contributed by atoms with Crippen LogP contribution in [-0.4, -0.2) is 13.1 Å². The highest BCUT2D eigenvalue weighted by Crippen LogP contribution is 2.16. The van der Waals surface area contributed by atoms with Gasteiger partial charge >= 0.3 is 6.03 Å². The Morgan fingerprint density at radius 3 is 3.07 bits per heavy atom. The number of nitrogens with one attached hydrogen (secondary N) is 1. The second-order valence-electron chi connectivity index (χ2n) is 2.35. The molecule has 1 N–H and O–H groups in total. The molecule has 0 aliphatic carbocycles. The highest BCUT2D eigenvalue weighted by atomic mass is 16.5. The van der Waals surface area contributed by atoms with E-state index in [2.05, 4.69) is 15.3 Å². The summed E-state index contributed by atoms with van der Waals surface area (Å²) in [4.78, 5) is 13.2. The zero-order chi connectivity index (χ0) is 10.4. The molecule has 0 unspecified atom stereocenters. The van der Waals surface area contributed by atoms with Crippen LogP contribution < -0.4 is 10.1 Å². The van der Waals surface area contributed by atoms with Crippen LogP contribution >= 0.6 is 0 Å². The van der Waals surface area contributed by atoms with Crippen LogP contribution in [0.4, 0.5) is 10.5 Å². The van der Waals surface area contributed by atoms with Gasteiger partial charge in [0.25, 0.3) is 0 Å². The van der Waals surface area contributed by atoms with E-state index in [1.807, 2.05) is 0 Å². The molecular weight excluding hydrogens is 184 g/mol. The molecular formula is C8H8N4O2. The van der Waals surface area contributed by atoms with Crippen LogP contribution in [0.25, 0.3) is 10.4 Å². The number of carbonyl (C=O) groups is 1. The number of methoxy groups -OCH3 is 1. The van der Waals surface area contributed by atoms with Crippen LogP contribution in [0.5, 0.6) is 5.75 Å². The molecule has 72 valence electrons. The minimum Gasteiger partial charge on any atom is -0.497 e. The molecule has 0 spiro atoms. The fourth-order valence-corrected chi connectivity index (χ4v) is 0.890. The number of amides is 2. The van der Waals surface area contributed by atoms with Crippen LogP contribution in [0.3, 0.4) is 0 Å². The molecule has 0 saturated carbocycles. The number of anilines is 1. The minimum atomic E-state index is -0.749. The zero-order valence-corrected chi connectivity index (χ0v) is 7.47. The maximum Gasteiger partial charge on any atom is 0.312 e. The molecule has 0 aliphatic heterocycles. The lowest BCUT2D eigenvalue weighted by atomic mass is 10.3. The molecule has 0 radical (unpaired) electrons. The first-order valence-corrected chi connectivity index (χ1v) is 3.76. The quantitative estimate of drug-likeness (QED) is 0.443. The van der Waals surface area contributed by atoms with Gasteiger partial charge in [-0.1, -0.05) is 6.07 Å². The van der Waals surface area contributed by atoms with Crippen molar-refractivity contribution < 1.29 is 9.53 Å². The van der Waals surface area contributed by atoms with E-state index in [4.69, 9.17) is 10.3 Å². The second-order valence-corrected chi connectivity index (χ2v) is 2.35. The average molecular weight is 192 g/mol. The molecule has 1 rings (SSSR count). The molecule has 0 bridgehead atoms. The van der Waals surface area contributed by atoms with Crippen molar-refractivity contribution in [3.05, 3.63) is 34.7 Å². The van der Waals surface area contributed by atoms with Gasteiger partial charge in [0.15, 0.2) is 0 Å². The number of hydrogen-bond acceptors (Lipinski definition) is 2. The third-order valence-corrected chi connectivity index (χ3v) is 1.46. The first-order chi connectivity index (χ1) is 6.76. The zero-order valence-electron chi connectivity index (χ0n) is 7.47. The molecule has 2 amide bonds. The van der Waals surface area contributed by atoms with Gasteiger partial charge in [-0.05, 0) is 17.7 Å². The predicted octanol–water partition coefficient (Wildman–Crippen LogP) is 2.54. The van der Waals surface area contributed by atoms with E-state index in [0.29, 0.717) is 11.4 Å². The third-order valence-electron chi connectivity index (χ3n) is 1.46. The van der Waals surface area contributed by atoms with Gasteiger partial charge in [-0.15, -0.1) is 0 Å². The standard InChI is InChI=1S/C8H8N4O2/c1-14-7-4-2-3-6(5-7)10-8(13)11-12-9/h2-5H,1H3,(H,10,13). The molecule has 0 heterocycles. The summed E-state index contributed by atoms with van der Waals surface area (Å²) < 4.78 is 4.94. The van der Waals surface area contributed by atoms with Gasteiger partial charge in [0, 0.05) is 21.8 Å². The van der Waals surface area contributed by atoms with Crippen LogP contribution in [0.1, 0.15) is 0 Å². The Bertz CT molecular complexity index is 385. The van der Waals surface area contributed by atoms with Crippen LogP contribution in [0.15, 0.2) is 29.4 Å². The highest BCUT2D eigenvalue weighted by molar-refractivity contribution is 5.90. The molecule has 0 atom stereocenters. The Labute approximate surface area is 80.1 Å². The Hall–Kier alpha value is -2.20. The number of hydrogen-bond donors (Lipinski definition) is 1. The summed E-state index contributed by atoms with van der Waals surface area (Å²) in [5.41, 5.74) is 8.50. The summed E-state index contributed by atoms with van der Waals surface area (Å²) in [7, 11) is 1.52. The highest BCUT2D eigenvalue weighted by Gasteiger charge is 1.99. The van der Waals surface area contributed by atoms with E-state index in [1.165, 1.54) is 7.11 Å². The Morgan fingerprint density at radius 1 is 1.64 bits per heavy atom. The van der Waals surface area contributed by atoms with Gasteiger partial charge in [0.05, 0.1) is 7.11 Å². The maximum absolute atomic E-state index is 10.8. The minimum absolute atomic E-state index is 0.516. The molecule has 0 aliphatic rings. The number of rotatable bonds is 2. The summed E-state index contributed by atoms with van der Waals surface area (Å²) in [5.74, 6) is 0.615. The summed E-state index contributed by atoms with van der Waals surface area (Å²) in [5, 5.41) is 5.24. The molecule has 6 heteroatoms. The van der Waals surface area contributed by atoms with Crippen molar-refractivity contribution in [1.82, 2.24) is 0 Å². The first kappa shape index (κ1) is 9.88. The van der Waals surface area contributed by atoms with Crippen molar-refractivity contribution in [2.45, 2.75) is 0 Å². The number of carbonyl (C=O) groups excluding carboxylic acids is 1. The SMILES string of the molecule is COc1cccc(NC(=O)N=[N+]=[N-])c1. The summed E-state index contributed by atoms with van der Waals surface area (Å²) in [6.07, 6.45) is 0. The lowest BCUT2D eigenvalue weighted by molar-refractivity contribution is 0.259. The Kier molecular flexibility index (Phi) is 3.34. The lowest BCUT2D eigenvalue weighted by Gasteiger charge is -2.03. The van der Waals surface area contributed by atoms with Gasteiger partial charge in [-0.3, -0.25) is 4.79 Å². The van der Waals surface area contributed by atoms with E-state index in [-0.39, 0.29) is 0 Å². The van der Waals surface area contributed by atoms with E-state index in [1.54, 1.807) is 24.3 Å². The summed E-state index contributed by atoms with van der Waals surface area (Å²) >= 11 is 0. The second kappa shape index (κ2) is 4.74.